The van der Waals surface area contributed by atoms with Gasteiger partial charge < -0.3 is 14.4 Å². The topological polar surface area (TPSA) is 88.8 Å². The molecule has 44 heavy (non-hydrogen) atoms. The number of hydrogen-bond donors (Lipinski definition) is 1. The number of halogens is 1. The van der Waals surface area contributed by atoms with Crippen LogP contribution in [0.3, 0.4) is 0 Å². The maximum Gasteiger partial charge on any atom is 0.353 e. The Bertz CT molecular complexity index is 1880. The zero-order chi connectivity index (χ0) is 30.6. The Hall–Kier alpha value is -5.24. The van der Waals surface area contributed by atoms with Gasteiger partial charge in [-0.15, -0.1) is 0 Å². The van der Waals surface area contributed by atoms with Gasteiger partial charge in [0.05, 0.1) is 17.7 Å². The first-order valence-corrected chi connectivity index (χ1v) is 14.7. The van der Waals surface area contributed by atoms with E-state index in [9.17, 15) is 23.9 Å². The number of imide groups is 1. The van der Waals surface area contributed by atoms with Crippen molar-refractivity contribution in [2.75, 3.05) is 13.2 Å². The Kier molecular flexibility index (Phi) is 8.23. The number of carboxylic acid groups (broad SMARTS) is 1. The maximum absolute atomic E-state index is 14.3. The summed E-state index contributed by atoms with van der Waals surface area (Å²) in [5.74, 6) is -1.31. The lowest BCUT2D eigenvalue weighted by molar-refractivity contribution is 0.0647. The fourth-order valence-electron chi connectivity index (χ4n) is 5.89. The van der Waals surface area contributed by atoms with Gasteiger partial charge in [-0.1, -0.05) is 60.7 Å². The van der Waals surface area contributed by atoms with Gasteiger partial charge in [-0.3, -0.25) is 14.5 Å². The number of fused-ring (bicyclic) bond motifs is 3. The Morgan fingerprint density at radius 1 is 0.818 bits per heavy atom. The lowest BCUT2D eigenvalue weighted by Crippen LogP contribution is -2.30. The fraction of sp³-hybridized carbons (Fsp3) is 0.194. The van der Waals surface area contributed by atoms with Gasteiger partial charge >= 0.3 is 5.97 Å². The highest BCUT2D eigenvalue weighted by molar-refractivity contribution is 6.21. The molecule has 0 saturated heterocycles. The summed E-state index contributed by atoms with van der Waals surface area (Å²) in [6.07, 6.45) is 6.03. The van der Waals surface area contributed by atoms with Crippen molar-refractivity contribution in [2.45, 2.75) is 32.2 Å². The van der Waals surface area contributed by atoms with Gasteiger partial charge in [0.1, 0.15) is 17.3 Å². The van der Waals surface area contributed by atoms with E-state index in [1.807, 2.05) is 48.5 Å². The molecule has 2 amide bonds. The normalized spacial score (nSPS) is 13.0. The predicted octanol–water partition coefficient (Wildman–Crippen LogP) is 7.58. The molecule has 1 N–H and O–H groups in total. The molecule has 6 rings (SSSR count). The van der Waals surface area contributed by atoms with Gasteiger partial charge in [-0.2, -0.15) is 0 Å². The molecule has 1 aliphatic rings. The predicted molar refractivity (Wildman–Crippen MR) is 168 cm³/mol. The third-order valence-electron chi connectivity index (χ3n) is 7.97. The van der Waals surface area contributed by atoms with Crippen LogP contribution in [0.5, 0.6) is 5.75 Å². The number of benzene rings is 4. The van der Waals surface area contributed by atoms with E-state index < -0.39 is 11.8 Å². The van der Waals surface area contributed by atoms with Crippen molar-refractivity contribution in [3.8, 4) is 5.75 Å². The maximum atomic E-state index is 14.3. The molecule has 1 aliphatic heterocycles. The summed E-state index contributed by atoms with van der Waals surface area (Å²) in [7, 11) is 0. The zero-order valence-electron chi connectivity index (χ0n) is 24.0. The van der Waals surface area contributed by atoms with Crippen LogP contribution in [0.2, 0.25) is 0 Å². The van der Waals surface area contributed by atoms with E-state index in [0.717, 1.165) is 16.5 Å². The van der Waals surface area contributed by atoms with Crippen LogP contribution in [0.1, 0.15) is 62.5 Å². The summed E-state index contributed by atoms with van der Waals surface area (Å²) >= 11 is 0. The van der Waals surface area contributed by atoms with Crippen LogP contribution in [0, 0.1) is 5.82 Å². The smallest absolute Gasteiger partial charge is 0.353 e. The van der Waals surface area contributed by atoms with E-state index in [2.05, 4.69) is 0 Å². The van der Waals surface area contributed by atoms with E-state index in [1.165, 1.54) is 17.0 Å². The molecule has 0 aliphatic carbocycles. The van der Waals surface area contributed by atoms with E-state index in [-0.39, 0.29) is 17.5 Å². The molecule has 0 fully saturated rings. The van der Waals surface area contributed by atoms with Crippen molar-refractivity contribution in [3.05, 3.63) is 119 Å². The number of carbonyl (C=O) groups excluding carboxylic acids is 2. The van der Waals surface area contributed by atoms with Gasteiger partial charge in [-0.25, -0.2) is 9.18 Å². The van der Waals surface area contributed by atoms with Crippen LogP contribution in [0.4, 0.5) is 4.39 Å². The number of nitrogens with zero attached hydrogens (tertiary/aromatic N) is 2. The number of rotatable bonds is 12. The molecule has 0 saturated carbocycles. The zero-order valence-corrected chi connectivity index (χ0v) is 24.0. The Balaban J connectivity index is 1.12. The highest BCUT2D eigenvalue weighted by Gasteiger charge is 2.34. The molecule has 4 aromatic carbocycles. The lowest BCUT2D eigenvalue weighted by Gasteiger charge is -2.12. The van der Waals surface area contributed by atoms with Gasteiger partial charge in [0.25, 0.3) is 11.8 Å². The molecule has 222 valence electrons. The molecule has 0 spiro atoms. The van der Waals surface area contributed by atoms with Crippen molar-refractivity contribution in [1.29, 1.82) is 0 Å². The molecule has 5 aromatic rings. The summed E-state index contributed by atoms with van der Waals surface area (Å²) in [4.78, 5) is 38.9. The molecule has 0 radical (unpaired) electrons. The molecular weight excluding hydrogens is 559 g/mol. The number of aryl methyl sites for hydroxylation is 1. The van der Waals surface area contributed by atoms with Crippen LogP contribution < -0.4 is 4.74 Å². The SMILES string of the molecule is O=C(O)c1c(C=CCCCCN2C(=O)c3ccccc3C2=O)c2cc(F)ccc2n1CCCOc1cccc2ccccc12. The van der Waals surface area contributed by atoms with Crippen LogP contribution in [0.15, 0.2) is 91.0 Å². The third-order valence-corrected chi connectivity index (χ3v) is 7.97. The minimum atomic E-state index is -1.10. The molecule has 0 bridgehead atoms. The molecule has 2 heterocycles. The Morgan fingerprint density at radius 2 is 1.55 bits per heavy atom. The standard InChI is InChI=1S/C36H31FN2O5/c37-25-18-19-31-30(23-25)27(14-3-1-2-8-20-39-34(40)28-15-6-7-16-29(28)35(39)41)33(36(42)43)38(31)21-10-22-44-32-17-9-12-24-11-4-5-13-26(24)32/h3-7,9,11-19,23H,1-2,8,10,20-22H2,(H,42,43). The summed E-state index contributed by atoms with van der Waals surface area (Å²) in [5.41, 5.74) is 2.05. The van der Waals surface area contributed by atoms with Crippen molar-refractivity contribution >= 4 is 45.5 Å². The lowest BCUT2D eigenvalue weighted by atomic mass is 10.1. The molecular formula is C36H31FN2O5. The van der Waals surface area contributed by atoms with Gasteiger partial charge in [0, 0.05) is 34.9 Å². The number of carboxylic acids is 1. The van der Waals surface area contributed by atoms with Crippen molar-refractivity contribution in [1.82, 2.24) is 9.47 Å². The van der Waals surface area contributed by atoms with Crippen LogP contribution in [0.25, 0.3) is 27.8 Å². The number of ether oxygens (including phenoxy) is 1. The monoisotopic (exact) mass is 590 g/mol. The van der Waals surface area contributed by atoms with Gasteiger partial charge in [0.2, 0.25) is 0 Å². The largest absolute Gasteiger partial charge is 0.493 e. The summed E-state index contributed by atoms with van der Waals surface area (Å²) in [6, 6.07) is 25.0. The molecule has 7 nitrogen and oxygen atoms in total. The second-order valence-electron chi connectivity index (χ2n) is 10.8. The van der Waals surface area contributed by atoms with Crippen LogP contribution >= 0.6 is 0 Å². The Morgan fingerprint density at radius 3 is 2.32 bits per heavy atom. The van der Waals surface area contributed by atoms with Crippen molar-refractivity contribution < 1.29 is 28.6 Å². The highest BCUT2D eigenvalue weighted by Crippen LogP contribution is 2.30. The second kappa shape index (κ2) is 12.6. The number of carbonyl (C=O) groups is 3. The first-order chi connectivity index (χ1) is 21.4. The summed E-state index contributed by atoms with van der Waals surface area (Å²) in [5, 5.41) is 12.8. The third kappa shape index (κ3) is 5.58. The van der Waals surface area contributed by atoms with E-state index in [1.54, 1.807) is 41.0 Å². The van der Waals surface area contributed by atoms with E-state index in [4.69, 9.17) is 4.74 Å². The summed E-state index contributed by atoms with van der Waals surface area (Å²) in [6.45, 7) is 1.07. The molecule has 0 atom stereocenters. The van der Waals surface area contributed by atoms with Crippen LogP contribution in [-0.4, -0.2) is 45.5 Å². The number of aromatic nitrogens is 1. The average molecular weight is 591 g/mol. The van der Waals surface area contributed by atoms with Crippen molar-refractivity contribution in [3.63, 3.8) is 0 Å². The number of unbranched alkanes of at least 4 members (excludes halogenated alkanes) is 2. The summed E-state index contributed by atoms with van der Waals surface area (Å²) < 4.78 is 22.1. The number of aromatic carboxylic acids is 1. The minimum absolute atomic E-state index is 0.0954. The van der Waals surface area contributed by atoms with Gasteiger partial charge in [0.15, 0.2) is 0 Å². The second-order valence-corrected chi connectivity index (χ2v) is 10.8. The quantitative estimate of drug-likeness (QED) is 0.120. The number of hydrogen-bond acceptors (Lipinski definition) is 4. The van der Waals surface area contributed by atoms with Gasteiger partial charge in [-0.05, 0) is 67.5 Å². The number of allylic oxidation sites excluding steroid dienone is 1. The minimum Gasteiger partial charge on any atom is -0.493 e. The first-order valence-electron chi connectivity index (χ1n) is 14.7. The fourth-order valence-corrected chi connectivity index (χ4v) is 5.89. The van der Waals surface area contributed by atoms with Crippen molar-refractivity contribution in [2.24, 2.45) is 0 Å². The average Bonchev–Trinajstić information content (AvgIpc) is 3.47. The Labute approximate surface area is 253 Å². The highest BCUT2D eigenvalue weighted by atomic mass is 19.1. The number of amides is 2. The first kappa shape index (κ1) is 28.9. The van der Waals surface area contributed by atoms with E-state index in [0.29, 0.717) is 73.0 Å². The molecule has 8 heteroatoms. The van der Waals surface area contributed by atoms with E-state index >= 15 is 0 Å². The van der Waals surface area contributed by atoms with Crippen LogP contribution in [-0.2, 0) is 6.54 Å². The molecule has 1 aromatic heterocycles. The molecule has 0 unspecified atom stereocenters.